The Balaban J connectivity index is 2.17. The van der Waals surface area contributed by atoms with E-state index in [9.17, 15) is 14.7 Å². The monoisotopic (exact) mass is 438 g/mol. The van der Waals surface area contributed by atoms with Gasteiger partial charge in [-0.25, -0.2) is 4.79 Å². The Hall–Kier alpha value is -2.82. The quantitative estimate of drug-likeness (QED) is 0.298. The topological polar surface area (TPSA) is 76.7 Å². The van der Waals surface area contributed by atoms with E-state index in [0.29, 0.717) is 29.5 Å². The first-order chi connectivity index (χ1) is 15.1. The van der Waals surface area contributed by atoms with Gasteiger partial charge in [-0.1, -0.05) is 37.1 Å². The van der Waals surface area contributed by atoms with Gasteiger partial charge in [0.05, 0.1) is 5.39 Å². The van der Waals surface area contributed by atoms with Gasteiger partial charge in [0.25, 0.3) is 0 Å². The Labute approximate surface area is 189 Å². The lowest BCUT2D eigenvalue weighted by molar-refractivity contribution is 0.0965. The highest BCUT2D eigenvalue weighted by Crippen LogP contribution is 2.45. The Kier molecular flexibility index (Phi) is 7.27. The predicted octanol–water partition coefficient (Wildman–Crippen LogP) is 6.29. The van der Waals surface area contributed by atoms with E-state index in [1.165, 1.54) is 17.2 Å². The van der Waals surface area contributed by atoms with Crippen LogP contribution in [0.25, 0.3) is 11.0 Å². The van der Waals surface area contributed by atoms with Gasteiger partial charge in [-0.05, 0) is 58.4 Å². The predicted molar refractivity (Wildman–Crippen MR) is 128 cm³/mol. The zero-order valence-electron chi connectivity index (χ0n) is 20.0. The molecule has 2 aromatic rings. The van der Waals surface area contributed by atoms with Crippen LogP contribution >= 0.6 is 0 Å². The number of Topliss-reactive ketones (excluding diaryl/α,β-unsaturated/α-hetero) is 1. The number of ether oxygens (including phenoxy) is 1. The fourth-order valence-corrected chi connectivity index (χ4v) is 4.21. The number of aromatic hydroxyl groups is 1. The second-order valence-corrected chi connectivity index (χ2v) is 9.55. The lowest BCUT2D eigenvalue weighted by Gasteiger charge is -2.27. The van der Waals surface area contributed by atoms with Crippen molar-refractivity contribution in [3.63, 3.8) is 0 Å². The molecule has 2 heterocycles. The SMILES string of the molecule is CC(C)=CCCC(C)=CCc1c(O)c(C(=O)CC(C)C)c2oc(=O)cc3c2c1O[C@@H](C)C3. The van der Waals surface area contributed by atoms with E-state index in [0.717, 1.165) is 18.4 Å². The molecule has 32 heavy (non-hydrogen) atoms. The van der Waals surface area contributed by atoms with Crippen LogP contribution in [0.3, 0.4) is 0 Å². The van der Waals surface area contributed by atoms with Crippen LogP contribution in [0.5, 0.6) is 11.5 Å². The summed E-state index contributed by atoms with van der Waals surface area (Å²) in [5.41, 5.74) is 3.59. The van der Waals surface area contributed by atoms with Crippen molar-refractivity contribution in [1.29, 1.82) is 0 Å². The Morgan fingerprint density at radius 3 is 2.62 bits per heavy atom. The summed E-state index contributed by atoms with van der Waals surface area (Å²) >= 11 is 0. The van der Waals surface area contributed by atoms with Gasteiger partial charge in [0.15, 0.2) is 11.4 Å². The number of rotatable bonds is 8. The van der Waals surface area contributed by atoms with E-state index in [2.05, 4.69) is 32.9 Å². The molecule has 0 amide bonds. The van der Waals surface area contributed by atoms with Crippen LogP contribution in [0.2, 0.25) is 0 Å². The minimum Gasteiger partial charge on any atom is -0.507 e. The van der Waals surface area contributed by atoms with Gasteiger partial charge in [-0.2, -0.15) is 0 Å². The summed E-state index contributed by atoms with van der Waals surface area (Å²) in [7, 11) is 0. The molecule has 5 nitrogen and oxygen atoms in total. The summed E-state index contributed by atoms with van der Waals surface area (Å²) in [6.07, 6.45) is 7.26. The summed E-state index contributed by atoms with van der Waals surface area (Å²) in [4.78, 5) is 25.4. The second-order valence-electron chi connectivity index (χ2n) is 9.55. The molecule has 1 atom stereocenters. The molecule has 0 spiro atoms. The highest BCUT2D eigenvalue weighted by molar-refractivity contribution is 6.11. The average Bonchev–Trinajstić information content (AvgIpc) is 2.66. The lowest BCUT2D eigenvalue weighted by Crippen LogP contribution is -2.23. The Morgan fingerprint density at radius 2 is 1.97 bits per heavy atom. The minimum absolute atomic E-state index is 0.0974. The highest BCUT2D eigenvalue weighted by atomic mass is 16.5. The van der Waals surface area contributed by atoms with E-state index >= 15 is 0 Å². The molecule has 3 rings (SSSR count). The first-order valence-corrected chi connectivity index (χ1v) is 11.4. The van der Waals surface area contributed by atoms with Crippen LogP contribution < -0.4 is 10.4 Å². The van der Waals surface area contributed by atoms with Crippen LogP contribution in [0.4, 0.5) is 0 Å². The van der Waals surface area contributed by atoms with Gasteiger partial charge < -0.3 is 14.3 Å². The van der Waals surface area contributed by atoms with Crippen LogP contribution in [0, 0.1) is 5.92 Å². The summed E-state index contributed by atoms with van der Waals surface area (Å²) in [5, 5.41) is 11.9. The molecule has 0 fully saturated rings. The number of phenols is 1. The number of benzene rings is 1. The fraction of sp³-hybridized carbons (Fsp3) is 0.481. The molecule has 0 saturated heterocycles. The molecule has 0 bridgehead atoms. The van der Waals surface area contributed by atoms with Crippen molar-refractivity contribution in [2.75, 3.05) is 0 Å². The highest BCUT2D eigenvalue weighted by Gasteiger charge is 2.31. The Morgan fingerprint density at radius 1 is 1.25 bits per heavy atom. The number of ketones is 1. The maximum atomic E-state index is 13.1. The molecule has 1 aliphatic heterocycles. The molecule has 1 N–H and O–H groups in total. The lowest BCUT2D eigenvalue weighted by atomic mass is 9.90. The second kappa shape index (κ2) is 9.76. The van der Waals surface area contributed by atoms with E-state index in [4.69, 9.17) is 9.15 Å². The third-order valence-electron chi connectivity index (χ3n) is 5.74. The van der Waals surface area contributed by atoms with E-state index in [-0.39, 0.29) is 41.1 Å². The summed E-state index contributed by atoms with van der Waals surface area (Å²) < 4.78 is 11.6. The van der Waals surface area contributed by atoms with Crippen molar-refractivity contribution < 1.29 is 19.1 Å². The number of allylic oxidation sites excluding steroid dienone is 4. The third-order valence-corrected chi connectivity index (χ3v) is 5.74. The standard InChI is InChI=1S/C27H34O5/c1-15(2)8-7-9-17(5)10-11-20-25(30)24(21(28)12-16(3)4)27-23-19(14-22(29)32-27)13-18(6)31-26(20)23/h8,10,14,16,18,30H,7,9,11-13H2,1-6H3/t18-/m0/s1. The number of hydrogen-bond acceptors (Lipinski definition) is 5. The van der Waals surface area contributed by atoms with Gasteiger partial charge in [-0.15, -0.1) is 0 Å². The summed E-state index contributed by atoms with van der Waals surface area (Å²) in [6, 6.07) is 1.48. The first kappa shape index (κ1) is 23.8. The van der Waals surface area contributed by atoms with Gasteiger partial charge in [-0.3, -0.25) is 4.79 Å². The first-order valence-electron chi connectivity index (χ1n) is 11.4. The van der Waals surface area contributed by atoms with Crippen molar-refractivity contribution in [2.45, 2.75) is 79.8 Å². The number of phenolic OH excluding ortho intramolecular Hbond substituents is 1. The van der Waals surface area contributed by atoms with E-state index in [1.54, 1.807) is 0 Å². The molecule has 0 saturated carbocycles. The maximum Gasteiger partial charge on any atom is 0.336 e. The molecule has 1 aromatic heterocycles. The van der Waals surface area contributed by atoms with Gasteiger partial charge in [0.2, 0.25) is 0 Å². The normalized spacial score (nSPS) is 15.7. The summed E-state index contributed by atoms with van der Waals surface area (Å²) in [5.74, 6) is 0.259. The van der Waals surface area contributed by atoms with Crippen LogP contribution in [-0.2, 0) is 12.8 Å². The van der Waals surface area contributed by atoms with E-state index < -0.39 is 5.63 Å². The molecule has 0 radical (unpaired) electrons. The zero-order chi connectivity index (χ0) is 23.6. The maximum absolute atomic E-state index is 13.1. The number of carbonyl (C=O) groups is 1. The molecule has 0 aliphatic carbocycles. The smallest absolute Gasteiger partial charge is 0.336 e. The van der Waals surface area contributed by atoms with Gasteiger partial charge in [0, 0.05) is 24.5 Å². The Bertz CT molecular complexity index is 1140. The molecular weight excluding hydrogens is 404 g/mol. The molecular formula is C27H34O5. The van der Waals surface area contributed by atoms with Gasteiger partial charge in [0.1, 0.15) is 23.2 Å². The van der Waals surface area contributed by atoms with Crippen molar-refractivity contribution >= 4 is 16.8 Å². The zero-order valence-corrected chi connectivity index (χ0v) is 20.0. The number of hydrogen-bond donors (Lipinski definition) is 1. The fourth-order valence-electron chi connectivity index (χ4n) is 4.21. The summed E-state index contributed by atoms with van der Waals surface area (Å²) in [6.45, 7) is 12.1. The number of carbonyl (C=O) groups excluding carboxylic acids is 1. The van der Waals surface area contributed by atoms with Gasteiger partial charge >= 0.3 is 5.63 Å². The molecule has 5 heteroatoms. The van der Waals surface area contributed by atoms with Crippen molar-refractivity contribution in [1.82, 2.24) is 0 Å². The third kappa shape index (κ3) is 5.14. The van der Waals surface area contributed by atoms with Crippen LogP contribution in [0.1, 0.15) is 82.3 Å². The molecule has 172 valence electrons. The van der Waals surface area contributed by atoms with Crippen molar-refractivity contribution in [3.8, 4) is 11.5 Å². The largest absolute Gasteiger partial charge is 0.507 e. The molecule has 1 aliphatic rings. The molecule has 0 unspecified atom stereocenters. The van der Waals surface area contributed by atoms with Crippen LogP contribution in [-0.4, -0.2) is 17.0 Å². The molecule has 1 aromatic carbocycles. The van der Waals surface area contributed by atoms with Crippen LogP contribution in [0.15, 0.2) is 38.6 Å². The average molecular weight is 439 g/mol. The van der Waals surface area contributed by atoms with E-state index in [1.807, 2.05) is 20.8 Å². The van der Waals surface area contributed by atoms with Crippen molar-refractivity contribution in [2.24, 2.45) is 5.92 Å². The minimum atomic E-state index is -0.520. The van der Waals surface area contributed by atoms with Crippen molar-refractivity contribution in [3.05, 3.63) is 56.5 Å².